The molecule has 0 spiro atoms. The smallest absolute Gasteiger partial charge is 0.147 e. The van der Waals surface area contributed by atoms with Crippen LogP contribution in [-0.4, -0.2) is 32.0 Å². The maximum absolute atomic E-state index is 4.50. The van der Waals surface area contributed by atoms with Gasteiger partial charge in [-0.25, -0.2) is 19.9 Å². The third-order valence-electron chi connectivity index (χ3n) is 7.43. The maximum atomic E-state index is 4.50. The SMILES string of the molecule is C(=C\c1csc2c(NC3CC3)ncnc12)/c1ccccc1.c1ccc(CCc2csc3c(NC4CC4)ncnc23)cc1. The quantitative estimate of drug-likeness (QED) is 0.176. The molecule has 8 rings (SSSR count). The summed E-state index contributed by atoms with van der Waals surface area (Å²) >= 11 is 3.46. The fraction of sp³-hybridized carbons (Fsp3) is 0.235. The highest BCUT2D eigenvalue weighted by Crippen LogP contribution is 2.34. The second-order valence-corrected chi connectivity index (χ2v) is 12.6. The number of rotatable bonds is 9. The van der Waals surface area contributed by atoms with Gasteiger partial charge in [0.2, 0.25) is 0 Å². The molecule has 0 unspecified atom stereocenters. The van der Waals surface area contributed by atoms with Crippen molar-refractivity contribution in [3.05, 3.63) is 106 Å². The van der Waals surface area contributed by atoms with Crippen molar-refractivity contribution < 1.29 is 0 Å². The van der Waals surface area contributed by atoms with Crippen molar-refractivity contribution in [2.24, 2.45) is 0 Å². The molecule has 6 nitrogen and oxygen atoms in total. The van der Waals surface area contributed by atoms with Gasteiger partial charge in [0.1, 0.15) is 24.3 Å². The van der Waals surface area contributed by atoms with Gasteiger partial charge in [0.25, 0.3) is 0 Å². The molecule has 6 aromatic rings. The monoisotopic (exact) mass is 588 g/mol. The van der Waals surface area contributed by atoms with Gasteiger partial charge in [-0.1, -0.05) is 72.8 Å². The molecule has 2 fully saturated rings. The van der Waals surface area contributed by atoms with Crippen LogP contribution in [0.2, 0.25) is 0 Å². The van der Waals surface area contributed by atoms with Gasteiger partial charge in [-0.15, -0.1) is 22.7 Å². The zero-order valence-electron chi connectivity index (χ0n) is 23.2. The molecule has 2 saturated carbocycles. The summed E-state index contributed by atoms with van der Waals surface area (Å²) in [6.07, 6.45) is 14.7. The van der Waals surface area contributed by atoms with Crippen LogP contribution in [0.1, 0.15) is 47.9 Å². The van der Waals surface area contributed by atoms with Gasteiger partial charge < -0.3 is 10.6 Å². The average Bonchev–Trinajstić information content (AvgIpc) is 3.96. The van der Waals surface area contributed by atoms with Crippen LogP contribution in [0.25, 0.3) is 32.6 Å². The fourth-order valence-corrected chi connectivity index (χ4v) is 6.74. The molecule has 2 N–H and O–H groups in total. The molecule has 2 aromatic carbocycles. The summed E-state index contributed by atoms with van der Waals surface area (Å²) in [7, 11) is 0. The number of hydrogen-bond donors (Lipinski definition) is 2. The van der Waals surface area contributed by atoms with Crippen LogP contribution in [-0.2, 0) is 12.8 Å². The normalized spacial score (nSPS) is 14.7. The van der Waals surface area contributed by atoms with Gasteiger partial charge in [-0.2, -0.15) is 0 Å². The summed E-state index contributed by atoms with van der Waals surface area (Å²) in [6.45, 7) is 0. The maximum Gasteiger partial charge on any atom is 0.147 e. The van der Waals surface area contributed by atoms with E-state index in [9.17, 15) is 0 Å². The molecule has 4 heterocycles. The summed E-state index contributed by atoms with van der Waals surface area (Å²) in [6, 6.07) is 22.2. The molecule has 0 bridgehead atoms. The fourth-order valence-electron chi connectivity index (χ4n) is 4.79. The Morgan fingerprint density at radius 1 is 0.643 bits per heavy atom. The molecule has 42 heavy (non-hydrogen) atoms. The zero-order valence-corrected chi connectivity index (χ0v) is 24.9. The molecular formula is C34H32N6S2. The van der Waals surface area contributed by atoms with Crippen LogP contribution in [0.3, 0.4) is 0 Å². The van der Waals surface area contributed by atoms with Crippen molar-refractivity contribution in [2.75, 3.05) is 10.6 Å². The second-order valence-electron chi connectivity index (χ2n) is 10.8. The molecule has 2 aliphatic carbocycles. The van der Waals surface area contributed by atoms with Gasteiger partial charge >= 0.3 is 0 Å². The highest BCUT2D eigenvalue weighted by molar-refractivity contribution is 7.18. The van der Waals surface area contributed by atoms with Crippen molar-refractivity contribution in [2.45, 2.75) is 50.6 Å². The average molecular weight is 589 g/mol. The summed E-state index contributed by atoms with van der Waals surface area (Å²) in [5, 5.41) is 11.4. The van der Waals surface area contributed by atoms with E-state index in [1.165, 1.54) is 47.1 Å². The largest absolute Gasteiger partial charge is 0.366 e. The molecule has 0 radical (unpaired) electrons. The van der Waals surface area contributed by atoms with Gasteiger partial charge in [0.05, 0.1) is 20.4 Å². The Morgan fingerprint density at radius 3 is 1.90 bits per heavy atom. The standard InChI is InChI=1S/C17H17N3S.C17H15N3S/c2*1-2-4-12(5-3-1)6-7-13-10-21-16-15(13)18-11-19-17(16)20-14-8-9-14/h1-5,10-11,14H,6-9H2,(H,18,19,20);1-7,10-11,14H,8-9H2,(H,18,19,20)/b;7-6+. The van der Waals surface area contributed by atoms with Gasteiger partial charge in [-0.05, 0) is 60.6 Å². The first-order chi connectivity index (χ1) is 20.8. The molecule has 4 aromatic heterocycles. The van der Waals surface area contributed by atoms with E-state index in [1.54, 1.807) is 35.3 Å². The van der Waals surface area contributed by atoms with Crippen LogP contribution in [0.15, 0.2) is 84.1 Å². The minimum Gasteiger partial charge on any atom is -0.366 e. The number of benzene rings is 2. The second kappa shape index (κ2) is 12.4. The first-order valence-electron chi connectivity index (χ1n) is 14.5. The minimum absolute atomic E-state index is 0.605. The lowest BCUT2D eigenvalue weighted by Crippen LogP contribution is -2.03. The summed E-state index contributed by atoms with van der Waals surface area (Å²) in [5.74, 6) is 1.99. The van der Waals surface area contributed by atoms with E-state index >= 15 is 0 Å². The first kappa shape index (κ1) is 26.7. The topological polar surface area (TPSA) is 75.6 Å². The van der Waals surface area contributed by atoms with Gasteiger partial charge in [0.15, 0.2) is 0 Å². The Morgan fingerprint density at radius 2 is 1.24 bits per heavy atom. The van der Waals surface area contributed by atoms with Crippen LogP contribution >= 0.6 is 22.7 Å². The molecule has 210 valence electrons. The molecule has 0 saturated heterocycles. The van der Waals surface area contributed by atoms with Crippen LogP contribution in [0.4, 0.5) is 11.6 Å². The number of thiophene rings is 2. The van der Waals surface area contributed by atoms with Crippen LogP contribution in [0.5, 0.6) is 0 Å². The van der Waals surface area contributed by atoms with Crippen molar-refractivity contribution in [1.82, 2.24) is 19.9 Å². The van der Waals surface area contributed by atoms with Gasteiger partial charge in [-0.3, -0.25) is 0 Å². The summed E-state index contributed by atoms with van der Waals surface area (Å²) in [4.78, 5) is 17.7. The molecule has 2 aliphatic rings. The van der Waals surface area contributed by atoms with Crippen molar-refractivity contribution in [1.29, 1.82) is 0 Å². The number of aryl methyl sites for hydroxylation is 2. The number of anilines is 2. The number of nitrogens with zero attached hydrogens (tertiary/aromatic N) is 4. The Labute approximate surface area is 253 Å². The Balaban J connectivity index is 0.000000137. The minimum atomic E-state index is 0.605. The highest BCUT2D eigenvalue weighted by Gasteiger charge is 2.24. The van der Waals surface area contributed by atoms with Crippen molar-refractivity contribution >= 4 is 66.9 Å². The number of fused-ring (bicyclic) bond motifs is 2. The number of hydrogen-bond acceptors (Lipinski definition) is 8. The summed E-state index contributed by atoms with van der Waals surface area (Å²) < 4.78 is 2.35. The summed E-state index contributed by atoms with van der Waals surface area (Å²) in [5.41, 5.74) is 7.21. The molecular weight excluding hydrogens is 557 g/mol. The van der Waals surface area contributed by atoms with E-state index in [0.29, 0.717) is 12.1 Å². The van der Waals surface area contributed by atoms with E-state index in [0.717, 1.165) is 45.8 Å². The highest BCUT2D eigenvalue weighted by atomic mass is 32.1. The Kier molecular flexibility index (Phi) is 7.89. The lowest BCUT2D eigenvalue weighted by Gasteiger charge is -2.04. The number of aromatic nitrogens is 4. The van der Waals surface area contributed by atoms with Crippen molar-refractivity contribution in [3.63, 3.8) is 0 Å². The molecule has 8 heteroatoms. The Hall–Kier alpha value is -4.14. The third-order valence-corrected chi connectivity index (χ3v) is 9.44. The Bertz CT molecular complexity index is 1800. The van der Waals surface area contributed by atoms with E-state index in [-0.39, 0.29) is 0 Å². The lowest BCUT2D eigenvalue weighted by molar-refractivity contribution is 0.968. The van der Waals surface area contributed by atoms with E-state index < -0.39 is 0 Å². The van der Waals surface area contributed by atoms with E-state index in [1.807, 2.05) is 18.2 Å². The molecule has 0 atom stereocenters. The van der Waals surface area contributed by atoms with Crippen LogP contribution < -0.4 is 10.6 Å². The molecule has 0 aliphatic heterocycles. The lowest BCUT2D eigenvalue weighted by atomic mass is 10.1. The van der Waals surface area contributed by atoms with E-state index in [4.69, 9.17) is 0 Å². The zero-order chi connectivity index (χ0) is 28.1. The predicted molar refractivity (Wildman–Crippen MR) is 177 cm³/mol. The van der Waals surface area contributed by atoms with Crippen molar-refractivity contribution in [3.8, 4) is 0 Å². The predicted octanol–water partition coefficient (Wildman–Crippen LogP) is 8.49. The number of nitrogens with one attached hydrogen (secondary N) is 2. The molecule has 0 amide bonds. The third kappa shape index (κ3) is 6.50. The van der Waals surface area contributed by atoms with Crippen LogP contribution in [0, 0.1) is 0 Å². The van der Waals surface area contributed by atoms with E-state index in [2.05, 4.69) is 95.9 Å². The first-order valence-corrected chi connectivity index (χ1v) is 16.3. The van der Waals surface area contributed by atoms with Gasteiger partial charge in [0, 0.05) is 23.0 Å².